The normalized spacial score (nSPS) is 20.4. The number of nitrogens with one attached hydrogen (secondary N) is 1. The first-order chi connectivity index (χ1) is 16.0. The van der Waals surface area contributed by atoms with Crippen LogP contribution in [0.2, 0.25) is 0 Å². The van der Waals surface area contributed by atoms with Gasteiger partial charge in [0.25, 0.3) is 11.5 Å². The molecular weight excluding hydrogens is 438 g/mol. The van der Waals surface area contributed by atoms with E-state index < -0.39 is 17.1 Å². The van der Waals surface area contributed by atoms with E-state index in [0.717, 1.165) is 44.7 Å². The molecule has 2 fully saturated rings. The molecule has 2 aliphatic heterocycles. The summed E-state index contributed by atoms with van der Waals surface area (Å²) in [5, 5.41) is 0. The van der Waals surface area contributed by atoms with Crippen molar-refractivity contribution in [3.8, 4) is 0 Å². The van der Waals surface area contributed by atoms with Crippen LogP contribution in [0.3, 0.4) is 0 Å². The van der Waals surface area contributed by atoms with E-state index in [1.807, 2.05) is 38.0 Å². The van der Waals surface area contributed by atoms with Gasteiger partial charge in [-0.2, -0.15) is 0 Å². The maximum atomic E-state index is 12.7. The number of nitrogens with zero attached hydrogens (tertiary/aromatic N) is 5. The zero-order valence-electron chi connectivity index (χ0n) is 21.3. The van der Waals surface area contributed by atoms with Crippen LogP contribution in [-0.2, 0) is 11.8 Å². The minimum Gasteiger partial charge on any atom is -0.444 e. The number of aryl methyl sites for hydroxylation is 1. The molecule has 11 nitrogen and oxygen atoms in total. The number of ether oxygens (including phenoxy) is 1. The van der Waals surface area contributed by atoms with Crippen LogP contribution in [0.4, 0.5) is 10.6 Å². The summed E-state index contributed by atoms with van der Waals surface area (Å²) in [6.45, 7) is 13.4. The van der Waals surface area contributed by atoms with E-state index in [0.29, 0.717) is 30.9 Å². The van der Waals surface area contributed by atoms with E-state index in [4.69, 9.17) is 10.6 Å². The van der Waals surface area contributed by atoms with Crippen molar-refractivity contribution in [2.45, 2.75) is 71.6 Å². The second-order valence-corrected chi connectivity index (χ2v) is 10.2. The number of rotatable bonds is 4. The molecule has 34 heavy (non-hydrogen) atoms. The number of aromatic nitrogens is 2. The quantitative estimate of drug-likeness (QED) is 0.374. The zero-order chi connectivity index (χ0) is 25.2. The summed E-state index contributed by atoms with van der Waals surface area (Å²) in [4.78, 5) is 47.9. The second kappa shape index (κ2) is 10.3. The predicted molar refractivity (Wildman–Crippen MR) is 130 cm³/mol. The molecule has 1 atom stereocenters. The van der Waals surface area contributed by atoms with Crippen molar-refractivity contribution in [3.05, 3.63) is 21.7 Å². The Morgan fingerprint density at radius 1 is 1.18 bits per heavy atom. The lowest BCUT2D eigenvalue weighted by atomic mass is 9.98. The highest BCUT2D eigenvalue weighted by atomic mass is 16.6. The van der Waals surface area contributed by atoms with Crippen LogP contribution >= 0.6 is 0 Å². The average Bonchev–Trinajstić information content (AvgIpc) is 2.79. The largest absolute Gasteiger partial charge is 0.444 e. The summed E-state index contributed by atoms with van der Waals surface area (Å²) in [6, 6.07) is 0.720. The Hall–Kier alpha value is -2.66. The Bertz CT molecular complexity index is 963. The van der Waals surface area contributed by atoms with E-state index in [2.05, 4.69) is 21.7 Å². The summed E-state index contributed by atoms with van der Waals surface area (Å²) >= 11 is 0. The van der Waals surface area contributed by atoms with Gasteiger partial charge in [-0.05, 0) is 47.0 Å². The smallest absolute Gasteiger partial charge is 0.410 e. The zero-order valence-corrected chi connectivity index (χ0v) is 21.3. The Morgan fingerprint density at radius 2 is 1.82 bits per heavy atom. The first-order valence-corrected chi connectivity index (χ1v) is 12.0. The van der Waals surface area contributed by atoms with Gasteiger partial charge in [-0.15, -0.1) is 0 Å². The number of piperidine rings is 1. The maximum absolute atomic E-state index is 12.7. The number of piperazine rings is 1. The lowest BCUT2D eigenvalue weighted by molar-refractivity contribution is 0.00941. The molecule has 3 heterocycles. The second-order valence-electron chi connectivity index (χ2n) is 10.2. The fourth-order valence-electron chi connectivity index (χ4n) is 5.03. The first kappa shape index (κ1) is 26.0. The number of hydrogen-bond donors (Lipinski definition) is 2. The van der Waals surface area contributed by atoms with Crippen LogP contribution in [0.1, 0.15) is 63.1 Å². The molecule has 190 valence electrons. The number of nitrogen functional groups attached to an aromatic ring is 1. The third kappa shape index (κ3) is 5.52. The van der Waals surface area contributed by atoms with E-state index in [1.54, 1.807) is 7.05 Å². The highest BCUT2D eigenvalue weighted by Gasteiger charge is 2.36. The highest BCUT2D eigenvalue weighted by molar-refractivity contribution is 5.91. The van der Waals surface area contributed by atoms with E-state index >= 15 is 0 Å². The Kier molecular flexibility index (Phi) is 7.87. The number of likely N-dealkylation sites (tertiary alicyclic amines) is 1. The third-order valence-corrected chi connectivity index (χ3v) is 6.66. The molecule has 0 aliphatic carbocycles. The van der Waals surface area contributed by atoms with Gasteiger partial charge in [-0.1, -0.05) is 6.92 Å². The summed E-state index contributed by atoms with van der Waals surface area (Å²) < 4.78 is 7.02. The standard InChI is InChI=1S/C23H39N7O4/c1-7-16-14-29(20-15(2)25-18(19(31)26-24)21(32)27(20)6)12-13-30(16)17-8-10-28(11-9-17)22(33)34-23(3,4)5/h16-17H,7-14,24H2,1-6H3,(H,26,31)/t16-/m0/s1. The van der Waals surface area contributed by atoms with Gasteiger partial charge >= 0.3 is 6.09 Å². The Balaban J connectivity index is 1.69. The molecular formula is C23H39N7O4. The van der Waals surface area contributed by atoms with E-state index in [9.17, 15) is 14.4 Å². The van der Waals surface area contributed by atoms with Crippen molar-refractivity contribution in [1.29, 1.82) is 0 Å². The maximum Gasteiger partial charge on any atom is 0.410 e. The molecule has 2 saturated heterocycles. The van der Waals surface area contributed by atoms with Gasteiger partial charge in [0.1, 0.15) is 11.4 Å². The lowest BCUT2D eigenvalue weighted by Crippen LogP contribution is -2.59. The molecule has 0 bridgehead atoms. The summed E-state index contributed by atoms with van der Waals surface area (Å²) in [7, 11) is 1.67. The van der Waals surface area contributed by atoms with Gasteiger partial charge in [0.05, 0.1) is 5.69 Å². The van der Waals surface area contributed by atoms with Crippen LogP contribution in [0, 0.1) is 6.92 Å². The summed E-state index contributed by atoms with van der Waals surface area (Å²) in [5.41, 5.74) is 1.45. The average molecular weight is 478 g/mol. The number of amides is 2. The van der Waals surface area contributed by atoms with Crippen LogP contribution in [0.15, 0.2) is 4.79 Å². The first-order valence-electron chi connectivity index (χ1n) is 12.0. The molecule has 0 unspecified atom stereocenters. The monoisotopic (exact) mass is 477 g/mol. The van der Waals surface area contributed by atoms with Crippen molar-refractivity contribution in [2.24, 2.45) is 12.9 Å². The van der Waals surface area contributed by atoms with E-state index in [1.165, 1.54) is 4.57 Å². The van der Waals surface area contributed by atoms with Crippen molar-refractivity contribution in [1.82, 2.24) is 24.8 Å². The number of nitrogens with two attached hydrogens (primary N) is 1. The third-order valence-electron chi connectivity index (χ3n) is 6.66. The van der Waals surface area contributed by atoms with Crippen molar-refractivity contribution in [2.75, 3.05) is 37.6 Å². The predicted octanol–water partition coefficient (Wildman–Crippen LogP) is 0.992. The minimum absolute atomic E-state index is 0.200. The highest BCUT2D eigenvalue weighted by Crippen LogP contribution is 2.27. The van der Waals surface area contributed by atoms with E-state index in [-0.39, 0.29) is 11.8 Å². The van der Waals surface area contributed by atoms with Crippen LogP contribution < -0.4 is 21.7 Å². The molecule has 0 radical (unpaired) electrons. The van der Waals surface area contributed by atoms with Crippen LogP contribution in [-0.4, -0.2) is 81.8 Å². The van der Waals surface area contributed by atoms with Gasteiger partial charge in [0.15, 0.2) is 5.69 Å². The fraction of sp³-hybridized carbons (Fsp3) is 0.739. The van der Waals surface area contributed by atoms with Gasteiger partial charge in [0, 0.05) is 51.9 Å². The van der Waals surface area contributed by atoms with Crippen LogP contribution in [0.25, 0.3) is 0 Å². The molecule has 2 aliphatic rings. The van der Waals surface area contributed by atoms with Crippen molar-refractivity contribution >= 4 is 17.8 Å². The van der Waals surface area contributed by atoms with Gasteiger partial charge in [0.2, 0.25) is 0 Å². The topological polar surface area (TPSA) is 126 Å². The molecule has 0 spiro atoms. The molecule has 0 aromatic carbocycles. The fourth-order valence-corrected chi connectivity index (χ4v) is 5.03. The van der Waals surface area contributed by atoms with Gasteiger partial charge in [-0.3, -0.25) is 24.5 Å². The molecule has 3 N–H and O–H groups in total. The minimum atomic E-state index is -0.691. The molecule has 1 aromatic heterocycles. The molecule has 3 rings (SSSR count). The number of hydrazine groups is 1. The molecule has 0 saturated carbocycles. The lowest BCUT2D eigenvalue weighted by Gasteiger charge is -2.48. The summed E-state index contributed by atoms with van der Waals surface area (Å²) in [6.07, 6.45) is 2.56. The van der Waals surface area contributed by atoms with Crippen LogP contribution in [0.5, 0.6) is 0 Å². The molecule has 11 heteroatoms. The van der Waals surface area contributed by atoms with Gasteiger partial charge in [-0.25, -0.2) is 15.6 Å². The summed E-state index contributed by atoms with van der Waals surface area (Å²) in [5.74, 6) is 5.24. The molecule has 1 aromatic rings. The Morgan fingerprint density at radius 3 is 2.38 bits per heavy atom. The van der Waals surface area contributed by atoms with Crippen molar-refractivity contribution in [3.63, 3.8) is 0 Å². The number of carbonyl (C=O) groups is 2. The Labute approximate surface area is 201 Å². The number of hydrogen-bond acceptors (Lipinski definition) is 8. The number of anilines is 1. The van der Waals surface area contributed by atoms with Gasteiger partial charge < -0.3 is 14.5 Å². The van der Waals surface area contributed by atoms with Crippen molar-refractivity contribution < 1.29 is 14.3 Å². The molecule has 2 amide bonds. The number of carbonyl (C=O) groups excluding carboxylic acids is 2. The SMILES string of the molecule is CC[C@H]1CN(c2c(C)nc(C(=O)NN)c(=O)n2C)CCN1C1CCN(C(=O)OC(C)(C)C)CC1.